The van der Waals surface area contributed by atoms with Crippen LogP contribution in [0.15, 0.2) is 24.3 Å². The van der Waals surface area contributed by atoms with Crippen molar-refractivity contribution in [3.63, 3.8) is 0 Å². The van der Waals surface area contributed by atoms with Crippen LogP contribution in [0.4, 0.5) is 4.79 Å². The summed E-state index contributed by atoms with van der Waals surface area (Å²) in [6.45, 7) is 8.49. The van der Waals surface area contributed by atoms with E-state index in [1.54, 1.807) is 4.90 Å². The maximum Gasteiger partial charge on any atom is 0.320 e. The lowest BCUT2D eigenvalue weighted by atomic mass is 9.96. The fraction of sp³-hybridized carbons (Fsp3) is 0.579. The molecule has 1 aliphatic rings. The van der Waals surface area contributed by atoms with Crippen LogP contribution in [0.3, 0.4) is 0 Å². The Kier molecular flexibility index (Phi) is 7.12. The molecule has 5 nitrogen and oxygen atoms in total. The molecule has 1 fully saturated rings. The van der Waals surface area contributed by atoms with Gasteiger partial charge < -0.3 is 15.1 Å². The number of amides is 3. The predicted molar refractivity (Wildman–Crippen MR) is 101 cm³/mol. The molecule has 0 bridgehead atoms. The van der Waals surface area contributed by atoms with Crippen LogP contribution in [-0.2, 0) is 4.79 Å². The van der Waals surface area contributed by atoms with Gasteiger partial charge in [0, 0.05) is 31.2 Å². The highest BCUT2D eigenvalue weighted by atomic mass is 35.5. The number of hydrogen-bond acceptors (Lipinski definition) is 2. The number of carbonyl (C=O) groups is 2. The fourth-order valence-corrected chi connectivity index (χ4v) is 3.45. The van der Waals surface area contributed by atoms with Crippen LogP contribution in [-0.4, -0.2) is 47.9 Å². The Hall–Kier alpha value is -1.75. The minimum absolute atomic E-state index is 0.00419. The summed E-state index contributed by atoms with van der Waals surface area (Å²) >= 11 is 6.02. The van der Waals surface area contributed by atoms with Gasteiger partial charge in [-0.3, -0.25) is 4.79 Å². The van der Waals surface area contributed by atoms with Gasteiger partial charge in [-0.25, -0.2) is 4.79 Å². The second-order valence-electron chi connectivity index (χ2n) is 6.53. The molecule has 138 valence electrons. The van der Waals surface area contributed by atoms with Crippen molar-refractivity contribution in [1.82, 2.24) is 15.1 Å². The summed E-state index contributed by atoms with van der Waals surface area (Å²) in [6.07, 6.45) is 1.67. The highest BCUT2D eigenvalue weighted by Gasteiger charge is 2.30. The van der Waals surface area contributed by atoms with E-state index in [2.05, 4.69) is 5.32 Å². The van der Waals surface area contributed by atoms with E-state index in [-0.39, 0.29) is 23.9 Å². The summed E-state index contributed by atoms with van der Waals surface area (Å²) in [5.41, 5.74) is 0.979. The van der Waals surface area contributed by atoms with Crippen LogP contribution in [0.1, 0.15) is 45.2 Å². The van der Waals surface area contributed by atoms with Gasteiger partial charge in [0.15, 0.2) is 0 Å². The van der Waals surface area contributed by atoms with Crippen LogP contribution in [0.2, 0.25) is 5.02 Å². The smallest absolute Gasteiger partial charge is 0.320 e. The Bertz CT molecular complexity index is 604. The van der Waals surface area contributed by atoms with E-state index < -0.39 is 0 Å². The molecule has 0 spiro atoms. The average Bonchev–Trinajstić information content (AvgIpc) is 2.62. The largest absolute Gasteiger partial charge is 0.349 e. The fourth-order valence-electron chi connectivity index (χ4n) is 3.25. The second-order valence-corrected chi connectivity index (χ2v) is 6.96. The first-order valence-corrected chi connectivity index (χ1v) is 9.43. The minimum atomic E-state index is -0.158. The summed E-state index contributed by atoms with van der Waals surface area (Å²) in [7, 11) is 0. The van der Waals surface area contributed by atoms with Crippen molar-refractivity contribution < 1.29 is 9.59 Å². The lowest BCUT2D eigenvalue weighted by molar-refractivity contribution is -0.127. The van der Waals surface area contributed by atoms with Crippen molar-refractivity contribution in [2.75, 3.05) is 26.2 Å². The van der Waals surface area contributed by atoms with E-state index >= 15 is 0 Å². The predicted octanol–water partition coefficient (Wildman–Crippen LogP) is 3.69. The van der Waals surface area contributed by atoms with Crippen molar-refractivity contribution in [2.24, 2.45) is 5.92 Å². The van der Waals surface area contributed by atoms with Crippen molar-refractivity contribution in [2.45, 2.75) is 39.7 Å². The van der Waals surface area contributed by atoms with Crippen molar-refractivity contribution >= 4 is 23.5 Å². The maximum absolute atomic E-state index is 12.6. The third-order valence-electron chi connectivity index (χ3n) is 4.80. The summed E-state index contributed by atoms with van der Waals surface area (Å²) in [4.78, 5) is 28.8. The lowest BCUT2D eigenvalue weighted by Crippen LogP contribution is -2.50. The number of carbonyl (C=O) groups excluding carboxylic acids is 2. The van der Waals surface area contributed by atoms with Gasteiger partial charge >= 0.3 is 6.03 Å². The molecule has 1 heterocycles. The molecule has 1 saturated heterocycles. The second kappa shape index (κ2) is 9.09. The Morgan fingerprint density at radius 2 is 2.08 bits per heavy atom. The first-order valence-electron chi connectivity index (χ1n) is 9.05. The standard InChI is InChI=1S/C19H28ClN3O2/c1-4-22(5-2)19(25)23-11-7-9-16(13-23)18(24)21-14(3)15-8-6-10-17(20)12-15/h6,8,10,12,14,16H,4-5,7,9,11,13H2,1-3H3,(H,21,24)/t14-,16+/m0/s1. The number of rotatable bonds is 5. The summed E-state index contributed by atoms with van der Waals surface area (Å²) in [6, 6.07) is 7.44. The van der Waals surface area contributed by atoms with E-state index in [0.717, 1.165) is 24.9 Å². The van der Waals surface area contributed by atoms with Gasteiger partial charge in [0.1, 0.15) is 0 Å². The molecule has 1 aromatic carbocycles. The molecule has 6 heteroatoms. The number of hydrogen-bond donors (Lipinski definition) is 1. The topological polar surface area (TPSA) is 52.7 Å². The van der Waals surface area contributed by atoms with Crippen LogP contribution in [0, 0.1) is 5.92 Å². The zero-order valence-electron chi connectivity index (χ0n) is 15.3. The molecule has 1 aliphatic heterocycles. The van der Waals surface area contributed by atoms with Gasteiger partial charge in [-0.15, -0.1) is 0 Å². The van der Waals surface area contributed by atoms with E-state index in [1.165, 1.54) is 0 Å². The third-order valence-corrected chi connectivity index (χ3v) is 5.04. The van der Waals surface area contributed by atoms with Crippen LogP contribution >= 0.6 is 11.6 Å². The molecule has 1 aromatic rings. The van der Waals surface area contributed by atoms with Gasteiger partial charge in [0.05, 0.1) is 12.0 Å². The normalized spacial score (nSPS) is 18.6. The number of likely N-dealkylation sites (tertiary alicyclic amines) is 1. The van der Waals surface area contributed by atoms with Gasteiger partial charge in [0.2, 0.25) is 5.91 Å². The number of halogens is 1. The van der Waals surface area contributed by atoms with E-state index in [0.29, 0.717) is 24.7 Å². The molecule has 25 heavy (non-hydrogen) atoms. The minimum Gasteiger partial charge on any atom is -0.349 e. The monoisotopic (exact) mass is 365 g/mol. The molecule has 2 rings (SSSR count). The van der Waals surface area contributed by atoms with Crippen molar-refractivity contribution in [3.05, 3.63) is 34.9 Å². The number of nitrogens with one attached hydrogen (secondary N) is 1. The Morgan fingerprint density at radius 1 is 1.36 bits per heavy atom. The molecule has 0 aliphatic carbocycles. The summed E-state index contributed by atoms with van der Waals surface area (Å²) < 4.78 is 0. The van der Waals surface area contributed by atoms with Crippen molar-refractivity contribution in [1.29, 1.82) is 0 Å². The molecular weight excluding hydrogens is 338 g/mol. The van der Waals surface area contributed by atoms with Crippen LogP contribution in [0.5, 0.6) is 0 Å². The highest BCUT2D eigenvalue weighted by molar-refractivity contribution is 6.30. The quantitative estimate of drug-likeness (QED) is 0.865. The molecule has 0 unspecified atom stereocenters. The van der Waals surface area contributed by atoms with Crippen LogP contribution < -0.4 is 5.32 Å². The van der Waals surface area contributed by atoms with Gasteiger partial charge in [-0.2, -0.15) is 0 Å². The van der Waals surface area contributed by atoms with Crippen molar-refractivity contribution in [3.8, 4) is 0 Å². The average molecular weight is 366 g/mol. The molecule has 2 atom stereocenters. The third kappa shape index (κ3) is 5.11. The molecule has 1 N–H and O–H groups in total. The first kappa shape index (κ1) is 19.6. The number of urea groups is 1. The summed E-state index contributed by atoms with van der Waals surface area (Å²) in [5.74, 6) is -0.153. The number of nitrogens with zero attached hydrogens (tertiary/aromatic N) is 2. The lowest BCUT2D eigenvalue weighted by Gasteiger charge is -2.35. The summed E-state index contributed by atoms with van der Waals surface area (Å²) in [5, 5.41) is 3.72. The molecule has 3 amide bonds. The Balaban J connectivity index is 1.96. The maximum atomic E-state index is 12.6. The van der Waals surface area contributed by atoms with E-state index in [4.69, 9.17) is 11.6 Å². The van der Waals surface area contributed by atoms with Crippen LogP contribution in [0.25, 0.3) is 0 Å². The number of piperidine rings is 1. The van der Waals surface area contributed by atoms with Gasteiger partial charge in [-0.05, 0) is 51.3 Å². The first-order chi connectivity index (χ1) is 12.0. The zero-order valence-corrected chi connectivity index (χ0v) is 16.1. The Labute approximate surface area is 155 Å². The van der Waals surface area contributed by atoms with Gasteiger partial charge in [-0.1, -0.05) is 23.7 Å². The number of benzene rings is 1. The van der Waals surface area contributed by atoms with E-state index in [1.807, 2.05) is 49.9 Å². The van der Waals surface area contributed by atoms with Gasteiger partial charge in [0.25, 0.3) is 0 Å². The molecule has 0 aromatic heterocycles. The Morgan fingerprint density at radius 3 is 2.72 bits per heavy atom. The molecule has 0 saturated carbocycles. The molecular formula is C19H28ClN3O2. The zero-order chi connectivity index (χ0) is 18.4. The highest BCUT2D eigenvalue weighted by Crippen LogP contribution is 2.21. The SMILES string of the molecule is CCN(CC)C(=O)N1CCC[C@@H](C(=O)N[C@@H](C)c2cccc(Cl)c2)C1. The molecule has 0 radical (unpaired) electrons. The van der Waals surface area contributed by atoms with E-state index in [9.17, 15) is 9.59 Å².